The number of carbonyl (C=O) groups excluding carboxylic acids is 3. The topological polar surface area (TPSA) is 98.5 Å². The number of esters is 1. The molecule has 1 aliphatic rings. The summed E-state index contributed by atoms with van der Waals surface area (Å²) in [5.74, 6) is -2.55. The molecule has 0 bridgehead atoms. The summed E-state index contributed by atoms with van der Waals surface area (Å²) in [4.78, 5) is 36.8. The number of primary amides is 1. The number of amides is 2. The van der Waals surface area contributed by atoms with Gasteiger partial charge >= 0.3 is 5.97 Å². The zero-order chi connectivity index (χ0) is 18.7. The molecule has 2 aromatic rings. The second-order valence-electron chi connectivity index (χ2n) is 5.91. The number of thiophene rings is 1. The minimum atomic E-state index is -0.805. The number of hydrogen-bond donors (Lipinski definition) is 2. The van der Waals surface area contributed by atoms with Gasteiger partial charge in [0.1, 0.15) is 10.8 Å². The summed E-state index contributed by atoms with van der Waals surface area (Å²) in [5.41, 5.74) is 6.73. The van der Waals surface area contributed by atoms with Gasteiger partial charge in [0.15, 0.2) is 6.61 Å². The first-order chi connectivity index (χ1) is 12.5. The fourth-order valence-electron chi connectivity index (χ4n) is 2.91. The monoisotopic (exact) mass is 376 g/mol. The number of ether oxygens (including phenoxy) is 1. The fourth-order valence-corrected chi connectivity index (χ4v) is 4.22. The maximum absolute atomic E-state index is 13.1. The molecule has 2 amide bonds. The van der Waals surface area contributed by atoms with E-state index in [4.69, 9.17) is 10.5 Å². The van der Waals surface area contributed by atoms with E-state index < -0.39 is 30.2 Å². The van der Waals surface area contributed by atoms with Crippen molar-refractivity contribution in [3.8, 4) is 0 Å². The molecular weight excluding hydrogens is 359 g/mol. The van der Waals surface area contributed by atoms with Gasteiger partial charge in [0.05, 0.1) is 11.1 Å². The van der Waals surface area contributed by atoms with Crippen LogP contribution in [-0.2, 0) is 22.4 Å². The van der Waals surface area contributed by atoms with Crippen molar-refractivity contribution >= 4 is 34.1 Å². The van der Waals surface area contributed by atoms with Crippen LogP contribution in [0.15, 0.2) is 24.3 Å². The molecule has 0 spiro atoms. The lowest BCUT2D eigenvalue weighted by molar-refractivity contribution is -0.119. The van der Waals surface area contributed by atoms with Crippen molar-refractivity contribution in [2.45, 2.75) is 25.7 Å². The molecule has 1 aliphatic carbocycles. The van der Waals surface area contributed by atoms with Gasteiger partial charge in [0, 0.05) is 4.88 Å². The van der Waals surface area contributed by atoms with Crippen LogP contribution in [0.3, 0.4) is 0 Å². The van der Waals surface area contributed by atoms with Gasteiger partial charge < -0.3 is 15.8 Å². The van der Waals surface area contributed by atoms with E-state index in [0.29, 0.717) is 10.6 Å². The first-order valence-corrected chi connectivity index (χ1v) is 8.94. The van der Waals surface area contributed by atoms with Crippen LogP contribution < -0.4 is 11.1 Å². The fraction of sp³-hybridized carbons (Fsp3) is 0.278. The maximum atomic E-state index is 13.1. The molecule has 26 heavy (non-hydrogen) atoms. The number of carbonyl (C=O) groups is 3. The molecule has 136 valence electrons. The average molecular weight is 376 g/mol. The van der Waals surface area contributed by atoms with Crippen molar-refractivity contribution in [2.75, 3.05) is 11.9 Å². The Morgan fingerprint density at radius 2 is 2.00 bits per heavy atom. The van der Waals surface area contributed by atoms with Gasteiger partial charge in [-0.05, 0) is 49.4 Å². The van der Waals surface area contributed by atoms with Gasteiger partial charge in [-0.25, -0.2) is 9.18 Å². The second-order valence-corrected chi connectivity index (χ2v) is 7.02. The quantitative estimate of drug-likeness (QED) is 0.784. The zero-order valence-corrected chi connectivity index (χ0v) is 14.7. The lowest BCUT2D eigenvalue weighted by Crippen LogP contribution is -2.23. The highest BCUT2D eigenvalue weighted by atomic mass is 32.1. The van der Waals surface area contributed by atoms with Crippen LogP contribution in [0.4, 0.5) is 9.39 Å². The van der Waals surface area contributed by atoms with E-state index >= 15 is 0 Å². The van der Waals surface area contributed by atoms with Crippen LogP contribution in [-0.4, -0.2) is 24.4 Å². The molecule has 8 heteroatoms. The minimum Gasteiger partial charge on any atom is -0.452 e. The third kappa shape index (κ3) is 3.91. The first-order valence-electron chi connectivity index (χ1n) is 8.12. The lowest BCUT2D eigenvalue weighted by Gasteiger charge is -2.11. The van der Waals surface area contributed by atoms with Gasteiger partial charge in [-0.2, -0.15) is 0 Å². The summed E-state index contributed by atoms with van der Waals surface area (Å²) >= 11 is 1.33. The zero-order valence-electron chi connectivity index (χ0n) is 13.8. The van der Waals surface area contributed by atoms with Crippen molar-refractivity contribution in [3.63, 3.8) is 0 Å². The minimum absolute atomic E-state index is 0.0159. The Bertz CT molecular complexity index is 878. The molecular formula is C18H17FN2O4S. The highest BCUT2D eigenvalue weighted by molar-refractivity contribution is 7.17. The molecule has 3 N–H and O–H groups in total. The van der Waals surface area contributed by atoms with Gasteiger partial charge in [-0.1, -0.05) is 6.07 Å². The summed E-state index contributed by atoms with van der Waals surface area (Å²) in [5, 5.41) is 2.98. The van der Waals surface area contributed by atoms with Crippen molar-refractivity contribution in [3.05, 3.63) is 51.7 Å². The molecule has 1 aromatic carbocycles. The molecule has 0 saturated heterocycles. The molecule has 3 rings (SSSR count). The molecule has 0 atom stereocenters. The number of anilines is 1. The number of nitrogens with one attached hydrogen (secondary N) is 1. The highest BCUT2D eigenvalue weighted by Gasteiger charge is 2.25. The van der Waals surface area contributed by atoms with E-state index in [-0.39, 0.29) is 5.56 Å². The van der Waals surface area contributed by atoms with Crippen LogP contribution in [0.5, 0.6) is 0 Å². The van der Waals surface area contributed by atoms with Crippen LogP contribution >= 0.6 is 11.3 Å². The largest absolute Gasteiger partial charge is 0.452 e. The Balaban J connectivity index is 1.66. The number of benzene rings is 1. The summed E-state index contributed by atoms with van der Waals surface area (Å²) in [6.45, 7) is -0.546. The molecule has 6 nitrogen and oxygen atoms in total. The molecule has 0 saturated carbocycles. The number of halogens is 1. The maximum Gasteiger partial charge on any atom is 0.338 e. The number of fused-ring (bicyclic) bond motifs is 1. The second kappa shape index (κ2) is 7.65. The third-order valence-corrected chi connectivity index (χ3v) is 5.27. The van der Waals surface area contributed by atoms with E-state index in [0.717, 1.165) is 42.2 Å². The Morgan fingerprint density at radius 3 is 2.73 bits per heavy atom. The summed E-state index contributed by atoms with van der Waals surface area (Å²) in [7, 11) is 0. The van der Waals surface area contributed by atoms with Crippen LogP contribution in [0.2, 0.25) is 0 Å². The predicted molar refractivity (Wildman–Crippen MR) is 94.8 cm³/mol. The number of hydrogen-bond acceptors (Lipinski definition) is 5. The van der Waals surface area contributed by atoms with Gasteiger partial charge in [-0.15, -0.1) is 11.3 Å². The number of aryl methyl sites for hydroxylation is 1. The van der Waals surface area contributed by atoms with Gasteiger partial charge in [0.25, 0.3) is 11.8 Å². The Kier molecular flexibility index (Phi) is 5.32. The van der Waals surface area contributed by atoms with E-state index in [1.807, 2.05) is 0 Å². The Hall–Kier alpha value is -2.74. The van der Waals surface area contributed by atoms with E-state index in [2.05, 4.69) is 5.32 Å². The summed E-state index contributed by atoms with van der Waals surface area (Å²) < 4.78 is 18.0. The van der Waals surface area contributed by atoms with E-state index in [1.165, 1.54) is 29.5 Å². The molecule has 1 heterocycles. The number of rotatable bonds is 5. The Morgan fingerprint density at radius 1 is 1.23 bits per heavy atom. The average Bonchev–Trinajstić information content (AvgIpc) is 2.97. The molecule has 0 radical (unpaired) electrons. The molecule has 0 aliphatic heterocycles. The van der Waals surface area contributed by atoms with Crippen molar-refractivity contribution in [1.29, 1.82) is 0 Å². The van der Waals surface area contributed by atoms with Crippen LogP contribution in [0, 0.1) is 5.82 Å². The van der Waals surface area contributed by atoms with Gasteiger partial charge in [-0.3, -0.25) is 9.59 Å². The highest BCUT2D eigenvalue weighted by Crippen LogP contribution is 2.37. The van der Waals surface area contributed by atoms with E-state index in [9.17, 15) is 18.8 Å². The van der Waals surface area contributed by atoms with Gasteiger partial charge in [0.2, 0.25) is 0 Å². The Labute approximate surface area is 153 Å². The SMILES string of the molecule is NC(=O)c1c(NC(=O)COC(=O)c2cccc(F)c2)sc2c1CCCC2. The van der Waals surface area contributed by atoms with Crippen LogP contribution in [0.25, 0.3) is 0 Å². The summed E-state index contributed by atoms with van der Waals surface area (Å²) in [6, 6.07) is 5.00. The first kappa shape index (κ1) is 18.1. The predicted octanol–water partition coefficient (Wildman–Crippen LogP) is 2.66. The van der Waals surface area contributed by atoms with Crippen molar-refractivity contribution < 1.29 is 23.5 Å². The molecule has 0 fully saturated rings. The van der Waals surface area contributed by atoms with Crippen molar-refractivity contribution in [1.82, 2.24) is 0 Å². The lowest BCUT2D eigenvalue weighted by atomic mass is 9.95. The third-order valence-electron chi connectivity index (χ3n) is 4.07. The smallest absolute Gasteiger partial charge is 0.338 e. The molecule has 0 unspecified atom stereocenters. The molecule has 1 aromatic heterocycles. The van der Waals surface area contributed by atoms with Crippen molar-refractivity contribution in [2.24, 2.45) is 5.73 Å². The van der Waals surface area contributed by atoms with E-state index in [1.54, 1.807) is 0 Å². The normalized spacial score (nSPS) is 13.0. The standard InChI is InChI=1S/C18H17FN2O4S/c19-11-5-3-4-10(8-11)18(24)25-9-14(22)21-17-15(16(20)23)12-6-1-2-7-13(12)26-17/h3-5,8H,1-2,6-7,9H2,(H2,20,23)(H,21,22). The summed E-state index contributed by atoms with van der Waals surface area (Å²) in [6.07, 6.45) is 3.62. The number of nitrogens with two attached hydrogens (primary N) is 1. The van der Waals surface area contributed by atoms with Crippen LogP contribution in [0.1, 0.15) is 44.0 Å².